The first kappa shape index (κ1) is 20.0. The predicted molar refractivity (Wildman–Crippen MR) is 117 cm³/mol. The van der Waals surface area contributed by atoms with E-state index in [4.69, 9.17) is 9.47 Å². The van der Waals surface area contributed by atoms with E-state index < -0.39 is 0 Å². The molecule has 30 heavy (non-hydrogen) atoms. The van der Waals surface area contributed by atoms with Crippen LogP contribution in [0.3, 0.4) is 0 Å². The average molecular weight is 423 g/mol. The first-order chi connectivity index (χ1) is 14.6. The second kappa shape index (κ2) is 9.00. The molecular formula is C23H22N2O4S. The molecule has 1 aromatic heterocycles. The third-order valence-corrected chi connectivity index (χ3v) is 5.64. The maximum absolute atomic E-state index is 13.1. The predicted octanol–water partition coefficient (Wildman–Crippen LogP) is 4.30. The van der Waals surface area contributed by atoms with Gasteiger partial charge in [0.05, 0.1) is 11.4 Å². The minimum absolute atomic E-state index is 0.118. The van der Waals surface area contributed by atoms with E-state index >= 15 is 0 Å². The van der Waals surface area contributed by atoms with Crippen molar-refractivity contribution in [3.8, 4) is 11.5 Å². The lowest BCUT2D eigenvalue weighted by Gasteiger charge is -2.31. The summed E-state index contributed by atoms with van der Waals surface area (Å²) in [6.45, 7) is 3.26. The van der Waals surface area contributed by atoms with Gasteiger partial charge >= 0.3 is 0 Å². The van der Waals surface area contributed by atoms with Crippen LogP contribution in [0.1, 0.15) is 27.0 Å². The van der Waals surface area contributed by atoms with Gasteiger partial charge in [-0.3, -0.25) is 9.59 Å². The second-order valence-corrected chi connectivity index (χ2v) is 7.80. The Bertz CT molecular complexity index is 1040. The van der Waals surface area contributed by atoms with Crippen molar-refractivity contribution in [2.75, 3.05) is 25.0 Å². The van der Waals surface area contributed by atoms with Crippen molar-refractivity contribution in [3.63, 3.8) is 0 Å². The SMILES string of the molecule is CCN(CC1COc2ccccc2O1)C(=O)c1cccc(NC(=O)c2cccs2)c1. The summed E-state index contributed by atoms with van der Waals surface area (Å²) >= 11 is 1.37. The number of nitrogens with one attached hydrogen (secondary N) is 1. The van der Waals surface area contributed by atoms with E-state index in [0.29, 0.717) is 41.6 Å². The summed E-state index contributed by atoms with van der Waals surface area (Å²) in [4.78, 5) is 27.7. The smallest absolute Gasteiger partial charge is 0.265 e. The molecule has 0 bridgehead atoms. The van der Waals surface area contributed by atoms with Gasteiger partial charge in [-0.05, 0) is 48.7 Å². The summed E-state index contributed by atoms with van der Waals surface area (Å²) in [5.74, 6) is 1.10. The van der Waals surface area contributed by atoms with E-state index in [1.165, 1.54) is 11.3 Å². The van der Waals surface area contributed by atoms with Crippen LogP contribution in [-0.4, -0.2) is 42.5 Å². The Morgan fingerprint density at radius 2 is 1.93 bits per heavy atom. The Labute approximate surface area is 179 Å². The quantitative estimate of drug-likeness (QED) is 0.643. The Balaban J connectivity index is 1.43. The molecule has 1 aliphatic heterocycles. The largest absolute Gasteiger partial charge is 0.486 e. The van der Waals surface area contributed by atoms with E-state index in [-0.39, 0.29) is 17.9 Å². The molecule has 7 heteroatoms. The topological polar surface area (TPSA) is 67.9 Å². The molecule has 0 spiro atoms. The van der Waals surface area contributed by atoms with Crippen LogP contribution in [-0.2, 0) is 0 Å². The number of rotatable bonds is 6. The van der Waals surface area contributed by atoms with Crippen LogP contribution < -0.4 is 14.8 Å². The first-order valence-electron chi connectivity index (χ1n) is 9.76. The molecule has 2 heterocycles. The fourth-order valence-corrected chi connectivity index (χ4v) is 3.89. The summed E-state index contributed by atoms with van der Waals surface area (Å²) in [6, 6.07) is 18.1. The highest BCUT2D eigenvalue weighted by molar-refractivity contribution is 7.12. The maximum atomic E-state index is 13.1. The van der Waals surface area contributed by atoms with Gasteiger partial charge in [0.15, 0.2) is 17.6 Å². The zero-order chi connectivity index (χ0) is 20.9. The van der Waals surface area contributed by atoms with Gasteiger partial charge < -0.3 is 19.7 Å². The van der Waals surface area contributed by atoms with Gasteiger partial charge in [-0.2, -0.15) is 0 Å². The van der Waals surface area contributed by atoms with Crippen LogP contribution in [0.15, 0.2) is 66.0 Å². The Hall–Kier alpha value is -3.32. The van der Waals surface area contributed by atoms with Crippen LogP contribution in [0.2, 0.25) is 0 Å². The number of amides is 2. The van der Waals surface area contributed by atoms with E-state index in [1.54, 1.807) is 35.2 Å². The molecule has 2 amide bonds. The molecule has 0 saturated carbocycles. The first-order valence-corrected chi connectivity index (χ1v) is 10.6. The molecule has 1 unspecified atom stereocenters. The van der Waals surface area contributed by atoms with Gasteiger partial charge in [-0.25, -0.2) is 0 Å². The van der Waals surface area contributed by atoms with Crippen molar-refractivity contribution in [2.24, 2.45) is 0 Å². The van der Waals surface area contributed by atoms with Gasteiger partial charge in [0.1, 0.15) is 6.61 Å². The number of carbonyl (C=O) groups is 2. The van der Waals surface area contributed by atoms with Crippen molar-refractivity contribution >= 4 is 28.8 Å². The summed E-state index contributed by atoms with van der Waals surface area (Å²) in [6.07, 6.45) is -0.245. The number of hydrogen-bond acceptors (Lipinski definition) is 5. The van der Waals surface area contributed by atoms with Crippen LogP contribution in [0, 0.1) is 0 Å². The highest BCUT2D eigenvalue weighted by atomic mass is 32.1. The molecule has 1 aliphatic rings. The normalized spacial score (nSPS) is 14.8. The number of para-hydroxylation sites is 2. The molecule has 3 aromatic rings. The third kappa shape index (κ3) is 4.46. The molecule has 154 valence electrons. The van der Waals surface area contributed by atoms with Crippen LogP contribution in [0.4, 0.5) is 5.69 Å². The molecule has 1 N–H and O–H groups in total. The summed E-state index contributed by atoms with van der Waals surface area (Å²) in [5.41, 5.74) is 1.10. The van der Waals surface area contributed by atoms with E-state index in [2.05, 4.69) is 5.32 Å². The number of anilines is 1. The third-order valence-electron chi connectivity index (χ3n) is 4.77. The fourth-order valence-electron chi connectivity index (χ4n) is 3.27. The van der Waals surface area contributed by atoms with Crippen LogP contribution in [0.25, 0.3) is 0 Å². The number of benzene rings is 2. The number of nitrogens with zero attached hydrogens (tertiary/aromatic N) is 1. The van der Waals surface area contributed by atoms with E-state index in [1.807, 2.05) is 42.6 Å². The monoisotopic (exact) mass is 422 g/mol. The highest BCUT2D eigenvalue weighted by Crippen LogP contribution is 2.31. The standard InChI is InChI=1S/C23H22N2O4S/c1-2-25(14-18-15-28-19-9-3-4-10-20(19)29-18)23(27)16-7-5-8-17(13-16)24-22(26)21-11-6-12-30-21/h3-13,18H,2,14-15H2,1H3,(H,24,26). The molecule has 2 aromatic carbocycles. The molecular weight excluding hydrogens is 400 g/mol. The number of thiophene rings is 1. The van der Waals surface area contributed by atoms with E-state index in [9.17, 15) is 9.59 Å². The van der Waals surface area contributed by atoms with Crippen LogP contribution >= 0.6 is 11.3 Å². The van der Waals surface area contributed by atoms with Gasteiger partial charge in [0.2, 0.25) is 0 Å². The van der Waals surface area contributed by atoms with E-state index in [0.717, 1.165) is 5.75 Å². The number of likely N-dealkylation sites (N-methyl/N-ethyl adjacent to an activating group) is 1. The van der Waals surface area contributed by atoms with Crippen molar-refractivity contribution in [3.05, 3.63) is 76.5 Å². The van der Waals surface area contributed by atoms with Gasteiger partial charge in [0, 0.05) is 17.8 Å². The molecule has 1 atom stereocenters. The molecule has 0 aliphatic carbocycles. The minimum atomic E-state index is -0.245. The molecule has 0 radical (unpaired) electrons. The van der Waals surface area contributed by atoms with Crippen molar-refractivity contribution < 1.29 is 19.1 Å². The summed E-state index contributed by atoms with van der Waals surface area (Å²) in [7, 11) is 0. The lowest BCUT2D eigenvalue weighted by atomic mass is 10.1. The van der Waals surface area contributed by atoms with Crippen molar-refractivity contribution in [2.45, 2.75) is 13.0 Å². The minimum Gasteiger partial charge on any atom is -0.486 e. The zero-order valence-electron chi connectivity index (χ0n) is 16.5. The molecule has 0 saturated heterocycles. The lowest BCUT2D eigenvalue weighted by Crippen LogP contribution is -2.43. The number of ether oxygens (including phenoxy) is 2. The average Bonchev–Trinajstić information content (AvgIpc) is 3.32. The highest BCUT2D eigenvalue weighted by Gasteiger charge is 2.25. The molecule has 0 fully saturated rings. The Kier molecular flexibility index (Phi) is 5.99. The fraction of sp³-hybridized carbons (Fsp3) is 0.217. The molecule has 4 rings (SSSR count). The van der Waals surface area contributed by atoms with Crippen LogP contribution in [0.5, 0.6) is 11.5 Å². The maximum Gasteiger partial charge on any atom is 0.265 e. The van der Waals surface area contributed by atoms with Gasteiger partial charge in [-0.15, -0.1) is 11.3 Å². The zero-order valence-corrected chi connectivity index (χ0v) is 17.4. The lowest BCUT2D eigenvalue weighted by molar-refractivity contribution is 0.0475. The summed E-state index contributed by atoms with van der Waals surface area (Å²) < 4.78 is 11.7. The Morgan fingerprint density at radius 1 is 1.10 bits per heavy atom. The second-order valence-electron chi connectivity index (χ2n) is 6.85. The number of hydrogen-bond donors (Lipinski definition) is 1. The van der Waals surface area contributed by atoms with Gasteiger partial charge in [0.25, 0.3) is 11.8 Å². The van der Waals surface area contributed by atoms with Crippen molar-refractivity contribution in [1.29, 1.82) is 0 Å². The Morgan fingerprint density at radius 3 is 2.70 bits per heavy atom. The van der Waals surface area contributed by atoms with Gasteiger partial charge in [-0.1, -0.05) is 24.3 Å². The molecule has 6 nitrogen and oxygen atoms in total. The number of fused-ring (bicyclic) bond motifs is 1. The summed E-state index contributed by atoms with van der Waals surface area (Å²) in [5, 5.41) is 4.70. The van der Waals surface area contributed by atoms with Crippen molar-refractivity contribution in [1.82, 2.24) is 4.90 Å². The number of carbonyl (C=O) groups excluding carboxylic acids is 2.